The number of rotatable bonds is 7. The van der Waals surface area contributed by atoms with Gasteiger partial charge in [-0.2, -0.15) is 0 Å². The predicted molar refractivity (Wildman–Crippen MR) is 133 cm³/mol. The molecule has 2 fully saturated rings. The number of piperazine rings is 1. The van der Waals surface area contributed by atoms with Crippen LogP contribution in [-0.4, -0.2) is 84.4 Å². The zero-order valence-corrected chi connectivity index (χ0v) is 20.7. The Bertz CT molecular complexity index is 1120. The van der Waals surface area contributed by atoms with Crippen molar-refractivity contribution in [2.75, 3.05) is 50.2 Å². The van der Waals surface area contributed by atoms with E-state index in [9.17, 15) is 19.5 Å². The zero-order valence-electron chi connectivity index (χ0n) is 20.7. The van der Waals surface area contributed by atoms with E-state index < -0.39 is 12.1 Å². The minimum absolute atomic E-state index is 0.0254. The number of benzene rings is 1. The Morgan fingerprint density at radius 2 is 1.92 bits per heavy atom. The van der Waals surface area contributed by atoms with Crippen molar-refractivity contribution in [2.24, 2.45) is 0 Å². The molecule has 0 aliphatic carbocycles. The van der Waals surface area contributed by atoms with E-state index in [4.69, 9.17) is 9.47 Å². The lowest BCUT2D eigenvalue weighted by Crippen LogP contribution is -2.54. The molecular weight excluding hydrogens is 466 g/mol. The Labute approximate surface area is 209 Å². The molecule has 0 spiro atoms. The third-order valence-corrected chi connectivity index (χ3v) is 6.70. The summed E-state index contributed by atoms with van der Waals surface area (Å²) in [6.07, 6.45) is 1.70. The van der Waals surface area contributed by atoms with E-state index in [1.807, 2.05) is 19.1 Å². The highest BCUT2D eigenvalue weighted by molar-refractivity contribution is 6.05. The maximum absolute atomic E-state index is 13.3. The van der Waals surface area contributed by atoms with Gasteiger partial charge in [0.25, 0.3) is 0 Å². The molecule has 1 aromatic carbocycles. The SMILES string of the molecule is CCC1CN(C(=O)O)CCN1c1ccc(N2CCC(=O)N(Cc3ccc(OC)cc3OC)C2=O)cn1. The molecule has 1 N–H and O–H groups in total. The molecule has 4 amide bonds. The van der Waals surface area contributed by atoms with E-state index in [1.165, 1.54) is 16.9 Å². The third-order valence-electron chi connectivity index (χ3n) is 6.70. The van der Waals surface area contributed by atoms with E-state index in [0.717, 1.165) is 12.2 Å². The Hall–Kier alpha value is -4.02. The lowest BCUT2D eigenvalue weighted by molar-refractivity contribution is -0.129. The average molecular weight is 498 g/mol. The van der Waals surface area contributed by atoms with E-state index in [0.29, 0.717) is 42.4 Å². The molecule has 0 bridgehead atoms. The highest BCUT2D eigenvalue weighted by Gasteiger charge is 2.34. The van der Waals surface area contributed by atoms with Crippen LogP contribution in [0.3, 0.4) is 0 Å². The number of ether oxygens (including phenoxy) is 2. The molecule has 1 atom stereocenters. The van der Waals surface area contributed by atoms with Crippen LogP contribution in [0.2, 0.25) is 0 Å². The van der Waals surface area contributed by atoms with Crippen LogP contribution in [0.1, 0.15) is 25.3 Å². The minimum Gasteiger partial charge on any atom is -0.497 e. The number of carbonyl (C=O) groups excluding carboxylic acids is 2. The molecule has 2 aromatic rings. The molecule has 1 unspecified atom stereocenters. The molecule has 4 rings (SSSR count). The van der Waals surface area contributed by atoms with Crippen LogP contribution in [0.4, 0.5) is 21.1 Å². The summed E-state index contributed by atoms with van der Waals surface area (Å²) in [4.78, 5) is 48.2. The first-order chi connectivity index (χ1) is 17.4. The summed E-state index contributed by atoms with van der Waals surface area (Å²) in [7, 11) is 3.09. The predicted octanol–water partition coefficient (Wildman–Crippen LogP) is 3.04. The molecule has 0 radical (unpaired) electrons. The Morgan fingerprint density at radius 3 is 2.56 bits per heavy atom. The number of pyridine rings is 1. The number of hydrogen-bond acceptors (Lipinski definition) is 7. The number of aromatic nitrogens is 1. The fourth-order valence-corrected chi connectivity index (χ4v) is 4.63. The van der Waals surface area contributed by atoms with Gasteiger partial charge in [0.15, 0.2) is 0 Å². The van der Waals surface area contributed by atoms with Gasteiger partial charge in [0.05, 0.1) is 32.6 Å². The normalized spacial score (nSPS) is 18.5. The molecular formula is C25H31N5O6. The van der Waals surface area contributed by atoms with Crippen molar-refractivity contribution in [1.82, 2.24) is 14.8 Å². The van der Waals surface area contributed by atoms with Crippen molar-refractivity contribution < 1.29 is 29.0 Å². The van der Waals surface area contributed by atoms with Crippen LogP contribution >= 0.6 is 0 Å². The molecule has 0 saturated carbocycles. The molecule has 36 heavy (non-hydrogen) atoms. The monoisotopic (exact) mass is 497 g/mol. The third kappa shape index (κ3) is 5.00. The smallest absolute Gasteiger partial charge is 0.407 e. The lowest BCUT2D eigenvalue weighted by atomic mass is 10.1. The van der Waals surface area contributed by atoms with Gasteiger partial charge >= 0.3 is 12.1 Å². The van der Waals surface area contributed by atoms with Gasteiger partial charge in [0.2, 0.25) is 5.91 Å². The summed E-state index contributed by atoms with van der Waals surface area (Å²) >= 11 is 0. The highest BCUT2D eigenvalue weighted by atomic mass is 16.5. The number of carbonyl (C=O) groups is 3. The molecule has 192 valence electrons. The number of nitrogens with zero attached hydrogens (tertiary/aromatic N) is 5. The van der Waals surface area contributed by atoms with Gasteiger partial charge in [0.1, 0.15) is 17.3 Å². The van der Waals surface area contributed by atoms with Gasteiger partial charge in [0, 0.05) is 50.3 Å². The van der Waals surface area contributed by atoms with E-state index in [1.54, 1.807) is 36.4 Å². The molecule has 11 nitrogen and oxygen atoms in total. The first-order valence-corrected chi connectivity index (χ1v) is 11.9. The first kappa shape index (κ1) is 25.1. The standard InChI is InChI=1S/C25H31N5O6/c1-4-18-16-27(25(33)34)11-12-28(18)22-8-6-19(14-26-22)29-10-9-23(31)30(24(29)32)15-17-5-7-20(35-2)13-21(17)36-3/h5-8,13-14,18H,4,9-12,15-16H2,1-3H3,(H,33,34). The van der Waals surface area contributed by atoms with Crippen LogP contribution < -0.4 is 19.3 Å². The highest BCUT2D eigenvalue weighted by Crippen LogP contribution is 2.29. The zero-order chi connectivity index (χ0) is 25.8. The first-order valence-electron chi connectivity index (χ1n) is 11.9. The second kappa shape index (κ2) is 10.7. The summed E-state index contributed by atoms with van der Waals surface area (Å²) in [6, 6.07) is 8.53. The maximum Gasteiger partial charge on any atom is 0.407 e. The summed E-state index contributed by atoms with van der Waals surface area (Å²) < 4.78 is 10.7. The van der Waals surface area contributed by atoms with Crippen molar-refractivity contribution in [3.8, 4) is 11.5 Å². The number of anilines is 2. The van der Waals surface area contributed by atoms with Gasteiger partial charge in [-0.3, -0.25) is 14.6 Å². The second-order valence-electron chi connectivity index (χ2n) is 8.70. The van der Waals surface area contributed by atoms with E-state index in [-0.39, 0.29) is 31.5 Å². The fraction of sp³-hybridized carbons (Fsp3) is 0.440. The maximum atomic E-state index is 13.3. The van der Waals surface area contributed by atoms with E-state index >= 15 is 0 Å². The number of hydrogen-bond donors (Lipinski definition) is 1. The van der Waals surface area contributed by atoms with Crippen molar-refractivity contribution in [3.05, 3.63) is 42.1 Å². The summed E-state index contributed by atoms with van der Waals surface area (Å²) in [5.41, 5.74) is 1.29. The summed E-state index contributed by atoms with van der Waals surface area (Å²) in [6.45, 7) is 3.75. The number of carboxylic acid groups (broad SMARTS) is 1. The van der Waals surface area contributed by atoms with Crippen molar-refractivity contribution >= 4 is 29.5 Å². The molecule has 2 aliphatic heterocycles. The molecule has 1 aromatic heterocycles. The van der Waals surface area contributed by atoms with Crippen LogP contribution in [0.5, 0.6) is 11.5 Å². The van der Waals surface area contributed by atoms with Crippen LogP contribution in [0.15, 0.2) is 36.5 Å². The van der Waals surface area contributed by atoms with Gasteiger partial charge in [-0.25, -0.2) is 14.6 Å². The molecule has 11 heteroatoms. The van der Waals surface area contributed by atoms with Crippen molar-refractivity contribution in [2.45, 2.75) is 32.4 Å². The number of amides is 4. The topological polar surface area (TPSA) is 116 Å². The Balaban J connectivity index is 1.49. The largest absolute Gasteiger partial charge is 0.497 e. The molecule has 3 heterocycles. The van der Waals surface area contributed by atoms with Crippen LogP contribution in [0, 0.1) is 0 Å². The molecule has 2 aliphatic rings. The van der Waals surface area contributed by atoms with Crippen LogP contribution in [-0.2, 0) is 11.3 Å². The number of methoxy groups -OCH3 is 2. The fourth-order valence-electron chi connectivity index (χ4n) is 4.63. The Morgan fingerprint density at radius 1 is 1.11 bits per heavy atom. The summed E-state index contributed by atoms with van der Waals surface area (Å²) in [5, 5.41) is 9.31. The van der Waals surface area contributed by atoms with Gasteiger partial charge < -0.3 is 24.4 Å². The van der Waals surface area contributed by atoms with Crippen molar-refractivity contribution in [1.29, 1.82) is 0 Å². The van der Waals surface area contributed by atoms with Gasteiger partial charge in [-0.1, -0.05) is 6.92 Å². The van der Waals surface area contributed by atoms with Gasteiger partial charge in [-0.05, 0) is 30.7 Å². The second-order valence-corrected chi connectivity index (χ2v) is 8.70. The quantitative estimate of drug-likeness (QED) is 0.621. The van der Waals surface area contributed by atoms with Crippen LogP contribution in [0.25, 0.3) is 0 Å². The average Bonchev–Trinajstić information content (AvgIpc) is 2.90. The van der Waals surface area contributed by atoms with E-state index in [2.05, 4.69) is 9.88 Å². The summed E-state index contributed by atoms with van der Waals surface area (Å²) in [5.74, 6) is 1.64. The molecule has 2 saturated heterocycles. The minimum atomic E-state index is -0.911. The van der Waals surface area contributed by atoms with Gasteiger partial charge in [-0.15, -0.1) is 0 Å². The van der Waals surface area contributed by atoms with Crippen molar-refractivity contribution in [3.63, 3.8) is 0 Å². The number of imide groups is 1. The lowest BCUT2D eigenvalue weighted by Gasteiger charge is -2.41. The number of urea groups is 1. The Kier molecular flexibility index (Phi) is 7.47.